The van der Waals surface area contributed by atoms with E-state index in [1.165, 1.54) is 38.5 Å². The number of aromatic hydroxyl groups is 1. The zero-order chi connectivity index (χ0) is 15.2. The molecule has 4 bridgehead atoms. The Hall–Kier alpha value is -1.06. The average Bonchev–Trinajstić information content (AvgIpc) is 2.46. The molecule has 4 saturated carbocycles. The van der Waals surface area contributed by atoms with Crippen molar-refractivity contribution in [2.45, 2.75) is 44.6 Å². The van der Waals surface area contributed by atoms with Gasteiger partial charge in [0.15, 0.2) is 0 Å². The molecule has 3 N–H and O–H groups in total. The molecule has 5 rings (SSSR count). The molecule has 1 unspecified atom stereocenters. The van der Waals surface area contributed by atoms with E-state index in [2.05, 4.69) is 5.32 Å². The van der Waals surface area contributed by atoms with Crippen LogP contribution in [0.4, 0.5) is 0 Å². The van der Waals surface area contributed by atoms with Gasteiger partial charge < -0.3 is 15.5 Å². The highest BCUT2D eigenvalue weighted by atomic mass is 16.3. The summed E-state index contributed by atoms with van der Waals surface area (Å²) in [6.45, 7) is 1.66. The van der Waals surface area contributed by atoms with E-state index in [9.17, 15) is 10.2 Å². The predicted molar refractivity (Wildman–Crippen MR) is 86.5 cm³/mol. The van der Waals surface area contributed by atoms with Gasteiger partial charge >= 0.3 is 0 Å². The van der Waals surface area contributed by atoms with Gasteiger partial charge in [0.25, 0.3) is 0 Å². The number of rotatable bonds is 5. The molecule has 0 heterocycles. The second kappa shape index (κ2) is 5.54. The Morgan fingerprint density at radius 1 is 1.00 bits per heavy atom. The van der Waals surface area contributed by atoms with E-state index in [-0.39, 0.29) is 5.75 Å². The Labute approximate surface area is 132 Å². The first-order chi connectivity index (χ1) is 10.6. The minimum absolute atomic E-state index is 0.248. The van der Waals surface area contributed by atoms with Gasteiger partial charge in [-0.3, -0.25) is 0 Å². The lowest BCUT2D eigenvalue weighted by molar-refractivity contribution is -0.0521. The normalized spacial score (nSPS) is 37.4. The molecule has 22 heavy (non-hydrogen) atoms. The van der Waals surface area contributed by atoms with Crippen LogP contribution < -0.4 is 5.32 Å². The number of hydrogen-bond donors (Lipinski definition) is 3. The maximum Gasteiger partial charge on any atom is 0.115 e. The molecule has 0 radical (unpaired) electrons. The van der Waals surface area contributed by atoms with E-state index < -0.39 is 6.10 Å². The van der Waals surface area contributed by atoms with Crippen LogP contribution in [-0.2, 0) is 0 Å². The third-order valence-corrected chi connectivity index (χ3v) is 6.28. The average molecular weight is 301 g/mol. The molecule has 3 nitrogen and oxygen atoms in total. The fraction of sp³-hybridized carbons (Fsp3) is 0.684. The van der Waals surface area contributed by atoms with E-state index in [0.29, 0.717) is 12.0 Å². The molecule has 4 fully saturated rings. The van der Waals surface area contributed by atoms with Gasteiger partial charge in [-0.2, -0.15) is 0 Å². The molecule has 0 saturated heterocycles. The quantitative estimate of drug-likeness (QED) is 0.782. The number of aliphatic hydroxyl groups excluding tert-OH is 1. The Balaban J connectivity index is 1.32. The number of nitrogens with one attached hydrogen (secondary N) is 1. The van der Waals surface area contributed by atoms with E-state index in [4.69, 9.17) is 0 Å². The van der Waals surface area contributed by atoms with Crippen LogP contribution in [0.15, 0.2) is 24.3 Å². The van der Waals surface area contributed by atoms with Crippen molar-refractivity contribution in [2.75, 3.05) is 13.1 Å². The lowest BCUT2D eigenvalue weighted by atomic mass is 9.49. The van der Waals surface area contributed by atoms with E-state index in [0.717, 1.165) is 29.9 Å². The minimum atomic E-state index is -0.491. The summed E-state index contributed by atoms with van der Waals surface area (Å²) in [5, 5.41) is 23.1. The molecule has 1 aromatic carbocycles. The summed E-state index contributed by atoms with van der Waals surface area (Å²) < 4.78 is 0. The molecule has 1 atom stereocenters. The summed E-state index contributed by atoms with van der Waals surface area (Å²) in [5.41, 5.74) is 1.39. The standard InChI is InChI=1S/C19H27NO2/c21-17-3-1-16(2-4-17)18(22)11-20-12-19-8-13-5-14(9-19)7-15(6-13)10-19/h1-4,13-15,18,20-22H,5-12H2. The van der Waals surface area contributed by atoms with Gasteiger partial charge in [-0.25, -0.2) is 0 Å². The number of phenolic OH excluding ortho intramolecular Hbond substituents is 1. The summed E-state index contributed by atoms with van der Waals surface area (Å²) in [4.78, 5) is 0. The second-order valence-electron chi connectivity index (χ2n) is 8.16. The van der Waals surface area contributed by atoms with Crippen LogP contribution in [0.5, 0.6) is 5.75 Å². The summed E-state index contributed by atoms with van der Waals surface area (Å²) in [5.74, 6) is 3.19. The number of aliphatic hydroxyl groups is 1. The van der Waals surface area contributed by atoms with Gasteiger partial charge in [0.05, 0.1) is 6.10 Å². The van der Waals surface area contributed by atoms with Gasteiger partial charge in [-0.05, 0) is 79.4 Å². The molecule has 0 spiro atoms. The van der Waals surface area contributed by atoms with Gasteiger partial charge in [0.2, 0.25) is 0 Å². The summed E-state index contributed by atoms with van der Waals surface area (Å²) >= 11 is 0. The monoisotopic (exact) mass is 301 g/mol. The Morgan fingerprint density at radius 2 is 1.55 bits per heavy atom. The van der Waals surface area contributed by atoms with E-state index in [1.54, 1.807) is 24.3 Å². The first-order valence-corrected chi connectivity index (χ1v) is 8.80. The Kier molecular flexibility index (Phi) is 3.66. The fourth-order valence-corrected chi connectivity index (χ4v) is 5.79. The van der Waals surface area contributed by atoms with Crippen molar-refractivity contribution in [1.82, 2.24) is 5.32 Å². The maximum absolute atomic E-state index is 10.3. The zero-order valence-corrected chi connectivity index (χ0v) is 13.2. The largest absolute Gasteiger partial charge is 0.508 e. The fourth-order valence-electron chi connectivity index (χ4n) is 5.79. The van der Waals surface area contributed by atoms with Crippen LogP contribution in [0.2, 0.25) is 0 Å². The minimum Gasteiger partial charge on any atom is -0.508 e. The van der Waals surface area contributed by atoms with Crippen molar-refractivity contribution in [2.24, 2.45) is 23.2 Å². The van der Waals surface area contributed by atoms with Gasteiger partial charge in [-0.1, -0.05) is 12.1 Å². The number of phenols is 1. The molecule has 1 aromatic rings. The van der Waals surface area contributed by atoms with Crippen LogP contribution in [-0.4, -0.2) is 23.3 Å². The SMILES string of the molecule is Oc1ccc(C(O)CNCC23CC4CC(CC(C4)C2)C3)cc1. The summed E-state index contributed by atoms with van der Waals surface area (Å²) in [6, 6.07) is 6.87. The molecular weight excluding hydrogens is 274 g/mol. The van der Waals surface area contributed by atoms with Crippen molar-refractivity contribution in [1.29, 1.82) is 0 Å². The van der Waals surface area contributed by atoms with Gasteiger partial charge in [0.1, 0.15) is 5.75 Å². The summed E-state index contributed by atoms with van der Waals surface area (Å²) in [6.07, 6.45) is 8.17. The highest BCUT2D eigenvalue weighted by Gasteiger charge is 2.50. The smallest absolute Gasteiger partial charge is 0.115 e. The molecule has 0 aromatic heterocycles. The van der Waals surface area contributed by atoms with Gasteiger partial charge in [0, 0.05) is 13.1 Å². The molecule has 4 aliphatic carbocycles. The maximum atomic E-state index is 10.3. The third-order valence-electron chi connectivity index (χ3n) is 6.28. The van der Waals surface area contributed by atoms with Crippen molar-refractivity contribution < 1.29 is 10.2 Å². The van der Waals surface area contributed by atoms with Crippen molar-refractivity contribution in [3.8, 4) is 5.75 Å². The number of benzene rings is 1. The van der Waals surface area contributed by atoms with Crippen LogP contribution in [0.1, 0.15) is 50.2 Å². The first-order valence-electron chi connectivity index (χ1n) is 8.80. The van der Waals surface area contributed by atoms with Crippen LogP contribution in [0.3, 0.4) is 0 Å². The topological polar surface area (TPSA) is 52.5 Å². The highest BCUT2D eigenvalue weighted by Crippen LogP contribution is 2.59. The van der Waals surface area contributed by atoms with E-state index in [1.807, 2.05) is 0 Å². The molecule has 0 amide bonds. The second-order valence-corrected chi connectivity index (χ2v) is 8.16. The van der Waals surface area contributed by atoms with Crippen molar-refractivity contribution in [3.63, 3.8) is 0 Å². The van der Waals surface area contributed by atoms with E-state index >= 15 is 0 Å². The van der Waals surface area contributed by atoms with Crippen LogP contribution >= 0.6 is 0 Å². The Morgan fingerprint density at radius 3 is 2.09 bits per heavy atom. The lowest BCUT2D eigenvalue weighted by Gasteiger charge is -2.57. The predicted octanol–water partition coefficient (Wildman–Crippen LogP) is 3.23. The highest BCUT2D eigenvalue weighted by molar-refractivity contribution is 5.27. The van der Waals surface area contributed by atoms with Gasteiger partial charge in [-0.15, -0.1) is 0 Å². The number of hydrogen-bond acceptors (Lipinski definition) is 3. The van der Waals surface area contributed by atoms with Crippen LogP contribution in [0.25, 0.3) is 0 Å². The first kappa shape index (κ1) is 14.5. The molecule has 120 valence electrons. The van der Waals surface area contributed by atoms with Crippen molar-refractivity contribution >= 4 is 0 Å². The molecule has 0 aliphatic heterocycles. The molecular formula is C19H27NO2. The van der Waals surface area contributed by atoms with Crippen molar-refractivity contribution in [3.05, 3.63) is 29.8 Å². The third kappa shape index (κ3) is 2.77. The summed E-state index contributed by atoms with van der Waals surface area (Å²) in [7, 11) is 0. The zero-order valence-electron chi connectivity index (χ0n) is 13.2. The lowest BCUT2D eigenvalue weighted by Crippen LogP contribution is -2.50. The Bertz CT molecular complexity index is 489. The molecule has 3 heteroatoms. The molecule has 4 aliphatic rings. The van der Waals surface area contributed by atoms with Crippen LogP contribution in [0, 0.1) is 23.2 Å².